The molecule has 3 aromatic rings. The summed E-state index contributed by atoms with van der Waals surface area (Å²) in [7, 11) is -2.37. The molecule has 0 bridgehead atoms. The maximum Gasteiger partial charge on any atom is 0.380 e. The summed E-state index contributed by atoms with van der Waals surface area (Å²) >= 11 is 3.30. The van der Waals surface area contributed by atoms with Gasteiger partial charge in [0, 0.05) is 49.7 Å². The predicted octanol–water partition coefficient (Wildman–Crippen LogP) is 3.59. The Bertz CT molecular complexity index is 1310. The number of hydrogen-bond donors (Lipinski definition) is 2. The van der Waals surface area contributed by atoms with E-state index in [0.29, 0.717) is 15.7 Å². The number of piperidine rings is 1. The van der Waals surface area contributed by atoms with Crippen molar-refractivity contribution in [2.45, 2.75) is 18.9 Å². The minimum absolute atomic E-state index is 0. The summed E-state index contributed by atoms with van der Waals surface area (Å²) in [6.45, 7) is 1.52. The number of imidazole rings is 1. The van der Waals surface area contributed by atoms with Crippen LogP contribution in [0.5, 0.6) is 11.5 Å². The molecule has 3 N–H and O–H groups in total. The van der Waals surface area contributed by atoms with E-state index < -0.39 is 10.3 Å². The van der Waals surface area contributed by atoms with Crippen LogP contribution >= 0.6 is 28.3 Å². The smallest absolute Gasteiger partial charge is 0.380 e. The van der Waals surface area contributed by atoms with Crippen molar-refractivity contribution >= 4 is 50.4 Å². The number of hydrogen-bond acceptors (Lipinski definition) is 7. The molecule has 0 saturated carbocycles. The van der Waals surface area contributed by atoms with Gasteiger partial charge in [0.25, 0.3) is 0 Å². The lowest BCUT2D eigenvalue weighted by Crippen LogP contribution is -2.46. The Morgan fingerprint density at radius 1 is 1.23 bits per heavy atom. The third-order valence-corrected chi connectivity index (χ3v) is 6.85. The molecule has 0 atom stereocenters. The Kier molecular flexibility index (Phi) is 8.31. The Labute approximate surface area is 218 Å². The standard InChI is InChI=1S/C22H24BrN5O5S.ClH/c1-26(16-7-9-27(10-8-16)17-5-6-19(23)21(29)12-17)22(30)28-13-20(25-14-28)15-3-2-4-18(11-15)33-34(24,31)32;/h2-6,11-14,16,29H,7-10H2,1H3,(H2,24,31,32);1H. The van der Waals surface area contributed by atoms with Crippen LogP contribution in [0.15, 0.2) is 59.5 Å². The monoisotopic (exact) mass is 585 g/mol. The van der Waals surface area contributed by atoms with Crippen LogP contribution in [0, 0.1) is 0 Å². The van der Waals surface area contributed by atoms with Crippen LogP contribution in [-0.4, -0.2) is 60.2 Å². The average Bonchev–Trinajstić information content (AvgIpc) is 3.29. The molecule has 1 aliphatic heterocycles. The second-order valence-electron chi connectivity index (χ2n) is 8.02. The van der Waals surface area contributed by atoms with Crippen LogP contribution in [0.25, 0.3) is 11.3 Å². The van der Waals surface area contributed by atoms with E-state index in [4.69, 9.17) is 9.32 Å². The molecule has 13 heteroatoms. The SMILES string of the molecule is CN(C(=O)n1cnc(-c2cccc(OS(N)(=O)=O)c2)c1)C1CCN(c2ccc(Br)c(O)c2)CC1.Cl. The van der Waals surface area contributed by atoms with Crippen molar-refractivity contribution in [3.8, 4) is 22.8 Å². The van der Waals surface area contributed by atoms with Crippen molar-refractivity contribution in [2.24, 2.45) is 5.14 Å². The third-order valence-electron chi connectivity index (χ3n) is 5.75. The number of benzene rings is 2. The molecule has 1 aromatic heterocycles. The van der Waals surface area contributed by atoms with E-state index in [1.165, 1.54) is 23.0 Å². The quantitative estimate of drug-likeness (QED) is 0.467. The summed E-state index contributed by atoms with van der Waals surface area (Å²) in [5, 5.41) is 14.9. The molecule has 10 nitrogen and oxygen atoms in total. The minimum Gasteiger partial charge on any atom is -0.507 e. The first-order valence-corrected chi connectivity index (χ1v) is 12.7. The Morgan fingerprint density at radius 2 is 1.94 bits per heavy atom. The van der Waals surface area contributed by atoms with Crippen molar-refractivity contribution in [1.29, 1.82) is 0 Å². The van der Waals surface area contributed by atoms with Gasteiger partial charge in [-0.2, -0.15) is 13.6 Å². The number of amides is 1. The van der Waals surface area contributed by atoms with Gasteiger partial charge >= 0.3 is 16.3 Å². The molecule has 1 amide bonds. The van der Waals surface area contributed by atoms with E-state index in [0.717, 1.165) is 31.6 Å². The fourth-order valence-corrected chi connectivity index (χ4v) is 4.58. The summed E-state index contributed by atoms with van der Waals surface area (Å²) < 4.78 is 29.1. The number of phenols is 1. The fraction of sp³-hybridized carbons (Fsp3) is 0.273. The number of phenolic OH excluding ortho intramolecular Hbond substituents is 1. The number of rotatable bonds is 5. The van der Waals surface area contributed by atoms with E-state index in [1.54, 1.807) is 36.3 Å². The van der Waals surface area contributed by atoms with Crippen molar-refractivity contribution in [1.82, 2.24) is 14.5 Å². The normalized spacial score (nSPS) is 14.3. The van der Waals surface area contributed by atoms with Crippen molar-refractivity contribution in [3.05, 3.63) is 59.5 Å². The first-order valence-electron chi connectivity index (χ1n) is 10.5. The minimum atomic E-state index is -4.14. The summed E-state index contributed by atoms with van der Waals surface area (Å²) in [4.78, 5) is 21.2. The van der Waals surface area contributed by atoms with Gasteiger partial charge in [-0.1, -0.05) is 12.1 Å². The zero-order valence-corrected chi connectivity index (χ0v) is 22.0. The van der Waals surface area contributed by atoms with Crippen LogP contribution in [0.1, 0.15) is 12.8 Å². The van der Waals surface area contributed by atoms with Gasteiger partial charge in [-0.25, -0.2) is 9.78 Å². The lowest BCUT2D eigenvalue weighted by atomic mass is 10.0. The molecule has 2 heterocycles. The molecule has 0 radical (unpaired) electrons. The van der Waals surface area contributed by atoms with Gasteiger partial charge < -0.3 is 19.1 Å². The average molecular weight is 587 g/mol. The van der Waals surface area contributed by atoms with Crippen molar-refractivity contribution in [3.63, 3.8) is 0 Å². The summed E-state index contributed by atoms with van der Waals surface area (Å²) in [5.74, 6) is 0.258. The first-order chi connectivity index (χ1) is 16.1. The number of carbonyl (C=O) groups excluding carboxylic acids is 1. The van der Waals surface area contributed by atoms with Crippen LogP contribution < -0.4 is 14.2 Å². The highest BCUT2D eigenvalue weighted by molar-refractivity contribution is 9.10. The highest BCUT2D eigenvalue weighted by Gasteiger charge is 2.27. The highest BCUT2D eigenvalue weighted by atomic mass is 79.9. The van der Waals surface area contributed by atoms with Gasteiger partial charge in [-0.05, 0) is 53.0 Å². The van der Waals surface area contributed by atoms with Crippen LogP contribution in [-0.2, 0) is 10.3 Å². The maximum absolute atomic E-state index is 13.1. The van der Waals surface area contributed by atoms with Crippen LogP contribution in [0.2, 0.25) is 0 Å². The second-order valence-corrected chi connectivity index (χ2v) is 10.0. The number of nitrogens with zero attached hydrogens (tertiary/aromatic N) is 4. The molecule has 0 aliphatic carbocycles. The topological polar surface area (TPSA) is 131 Å². The summed E-state index contributed by atoms with van der Waals surface area (Å²) in [6.07, 6.45) is 4.59. The summed E-state index contributed by atoms with van der Waals surface area (Å²) in [5.41, 5.74) is 2.02. The van der Waals surface area contributed by atoms with Gasteiger partial charge in [0.05, 0.1) is 10.2 Å². The lowest BCUT2D eigenvalue weighted by Gasteiger charge is -2.37. The van der Waals surface area contributed by atoms with Crippen LogP contribution in [0.4, 0.5) is 10.5 Å². The number of anilines is 1. The predicted molar refractivity (Wildman–Crippen MR) is 138 cm³/mol. The molecule has 188 valence electrons. The van der Waals surface area contributed by atoms with Gasteiger partial charge in [-0.15, -0.1) is 12.4 Å². The number of nitrogens with two attached hydrogens (primary N) is 1. The van der Waals surface area contributed by atoms with E-state index >= 15 is 0 Å². The Balaban J connectivity index is 0.00000342. The molecule has 0 spiro atoms. The third kappa shape index (κ3) is 6.45. The summed E-state index contributed by atoms with van der Waals surface area (Å²) in [6, 6.07) is 11.6. The number of aromatic hydroxyl groups is 1. The number of carbonyl (C=O) groups is 1. The van der Waals surface area contributed by atoms with E-state index in [2.05, 4.69) is 25.8 Å². The Morgan fingerprint density at radius 3 is 2.60 bits per heavy atom. The second kappa shape index (κ2) is 10.9. The van der Waals surface area contributed by atoms with Gasteiger partial charge in [0.1, 0.15) is 17.8 Å². The molecular weight excluding hydrogens is 562 g/mol. The lowest BCUT2D eigenvalue weighted by molar-refractivity contribution is 0.181. The van der Waals surface area contributed by atoms with E-state index in [9.17, 15) is 18.3 Å². The Hall–Kier alpha value is -2.80. The van der Waals surface area contributed by atoms with Crippen LogP contribution in [0.3, 0.4) is 0 Å². The van der Waals surface area contributed by atoms with Gasteiger partial charge in [0.2, 0.25) is 0 Å². The van der Waals surface area contributed by atoms with Crippen molar-refractivity contribution < 1.29 is 22.5 Å². The van der Waals surface area contributed by atoms with E-state index in [1.807, 2.05) is 12.1 Å². The molecule has 0 unspecified atom stereocenters. The fourth-order valence-electron chi connectivity index (χ4n) is 3.97. The van der Waals surface area contributed by atoms with E-state index in [-0.39, 0.29) is 36.0 Å². The zero-order valence-electron chi connectivity index (χ0n) is 18.7. The zero-order chi connectivity index (χ0) is 24.5. The highest BCUT2D eigenvalue weighted by Crippen LogP contribution is 2.31. The van der Waals surface area contributed by atoms with Gasteiger partial charge in [0.15, 0.2) is 0 Å². The molecule has 4 rings (SSSR count). The largest absolute Gasteiger partial charge is 0.507 e. The molecule has 1 saturated heterocycles. The first kappa shape index (κ1) is 26.8. The molecule has 1 fully saturated rings. The maximum atomic E-state index is 13.1. The molecule has 2 aromatic carbocycles. The van der Waals surface area contributed by atoms with Crippen molar-refractivity contribution in [2.75, 3.05) is 25.0 Å². The van der Waals surface area contributed by atoms with Gasteiger partial charge in [-0.3, -0.25) is 4.57 Å². The number of aromatic nitrogens is 2. The number of halogens is 2. The molecule has 35 heavy (non-hydrogen) atoms. The molecule has 1 aliphatic rings. The molecular formula is C22H25BrClN5O5S.